The van der Waals surface area contributed by atoms with E-state index in [9.17, 15) is 8.42 Å². The predicted octanol–water partition coefficient (Wildman–Crippen LogP) is 2.66. The molecule has 0 radical (unpaired) electrons. The molecule has 2 aromatic rings. The number of thiophene rings is 1. The van der Waals surface area contributed by atoms with Crippen molar-refractivity contribution in [1.29, 1.82) is 5.26 Å². The summed E-state index contributed by atoms with van der Waals surface area (Å²) in [5, 5.41) is 10.6. The van der Waals surface area contributed by atoms with Crippen LogP contribution in [0, 0.1) is 11.3 Å². The molecular formula is C13H12N2O2S2. The van der Waals surface area contributed by atoms with Crippen molar-refractivity contribution in [3.63, 3.8) is 0 Å². The summed E-state index contributed by atoms with van der Waals surface area (Å²) in [5.41, 5.74) is 0.435. The van der Waals surface area contributed by atoms with Crippen LogP contribution in [0.4, 0.5) is 0 Å². The summed E-state index contributed by atoms with van der Waals surface area (Å²) >= 11 is 1.50. The van der Waals surface area contributed by atoms with Crippen LogP contribution in [0.25, 0.3) is 0 Å². The molecular weight excluding hydrogens is 280 g/mol. The third-order valence-electron chi connectivity index (χ3n) is 2.60. The van der Waals surface area contributed by atoms with Crippen molar-refractivity contribution >= 4 is 21.4 Å². The van der Waals surface area contributed by atoms with Crippen molar-refractivity contribution in [3.8, 4) is 6.07 Å². The first kappa shape index (κ1) is 13.7. The van der Waals surface area contributed by atoms with Gasteiger partial charge in [0.05, 0.1) is 22.6 Å². The fourth-order valence-corrected chi connectivity index (χ4v) is 3.64. The maximum absolute atomic E-state index is 12.1. The molecule has 98 valence electrons. The second kappa shape index (κ2) is 5.53. The lowest BCUT2D eigenvalue weighted by Crippen LogP contribution is -2.26. The smallest absolute Gasteiger partial charge is 0.207 e. The van der Waals surface area contributed by atoms with E-state index in [1.54, 1.807) is 6.92 Å². The molecule has 0 fully saturated rings. The summed E-state index contributed by atoms with van der Waals surface area (Å²) in [5.74, 6) is 0. The number of nitrogens with one attached hydrogen (secondary N) is 1. The number of hydrogen-bond donors (Lipinski definition) is 1. The molecule has 0 aliphatic heterocycles. The third kappa shape index (κ3) is 3.20. The molecule has 0 aliphatic carbocycles. The Bertz CT molecular complexity index is 683. The zero-order valence-electron chi connectivity index (χ0n) is 10.2. The summed E-state index contributed by atoms with van der Waals surface area (Å²) in [7, 11) is -3.56. The maximum atomic E-state index is 12.1. The number of nitriles is 1. The summed E-state index contributed by atoms with van der Waals surface area (Å²) < 4.78 is 26.9. The van der Waals surface area contributed by atoms with E-state index in [1.807, 2.05) is 23.6 Å². The largest absolute Gasteiger partial charge is 0.241 e. The third-order valence-corrected chi connectivity index (χ3v) is 5.21. The Hall–Kier alpha value is -1.68. The molecule has 1 heterocycles. The Morgan fingerprint density at radius 3 is 2.47 bits per heavy atom. The molecule has 1 aromatic heterocycles. The van der Waals surface area contributed by atoms with Crippen LogP contribution in [0.5, 0.6) is 0 Å². The van der Waals surface area contributed by atoms with Gasteiger partial charge in [-0.3, -0.25) is 0 Å². The lowest BCUT2D eigenvalue weighted by molar-refractivity contribution is 0.568. The SMILES string of the molecule is C[C@H](NS(=O)(=O)c1ccc(C#N)cc1)c1cccs1. The van der Waals surface area contributed by atoms with Crippen molar-refractivity contribution in [2.45, 2.75) is 17.9 Å². The molecule has 0 amide bonds. The monoisotopic (exact) mass is 292 g/mol. The Balaban J connectivity index is 2.20. The molecule has 2 rings (SSSR count). The Morgan fingerprint density at radius 2 is 1.95 bits per heavy atom. The highest BCUT2D eigenvalue weighted by Crippen LogP contribution is 2.21. The predicted molar refractivity (Wildman–Crippen MR) is 74.2 cm³/mol. The molecule has 6 heteroatoms. The van der Waals surface area contributed by atoms with Gasteiger partial charge in [-0.1, -0.05) is 6.07 Å². The second-order valence-corrected chi connectivity index (χ2v) is 6.69. The van der Waals surface area contributed by atoms with Gasteiger partial charge in [-0.05, 0) is 42.6 Å². The first-order valence-corrected chi connectivity index (χ1v) is 7.95. The Morgan fingerprint density at radius 1 is 1.26 bits per heavy atom. The van der Waals surface area contributed by atoms with E-state index < -0.39 is 10.0 Å². The Labute approximate surface area is 116 Å². The van der Waals surface area contributed by atoms with Gasteiger partial charge >= 0.3 is 0 Å². The van der Waals surface area contributed by atoms with Gasteiger partial charge in [-0.25, -0.2) is 13.1 Å². The molecule has 0 bridgehead atoms. The van der Waals surface area contributed by atoms with E-state index in [2.05, 4.69) is 4.72 Å². The quantitative estimate of drug-likeness (QED) is 0.941. The van der Waals surface area contributed by atoms with Crippen LogP contribution in [0.1, 0.15) is 23.4 Å². The van der Waals surface area contributed by atoms with Crippen LogP contribution in [-0.4, -0.2) is 8.42 Å². The fourth-order valence-electron chi connectivity index (χ4n) is 1.61. The van der Waals surface area contributed by atoms with Gasteiger partial charge in [0.1, 0.15) is 0 Å². The molecule has 19 heavy (non-hydrogen) atoms. The zero-order valence-corrected chi connectivity index (χ0v) is 11.8. The van der Waals surface area contributed by atoms with Crippen LogP contribution in [0.3, 0.4) is 0 Å². The number of hydrogen-bond acceptors (Lipinski definition) is 4. The normalized spacial score (nSPS) is 12.8. The minimum atomic E-state index is -3.56. The Kier molecular flexibility index (Phi) is 4.00. The van der Waals surface area contributed by atoms with Gasteiger partial charge in [0.2, 0.25) is 10.0 Å². The standard InChI is InChI=1S/C13H12N2O2S2/c1-10(13-3-2-8-18-13)15-19(16,17)12-6-4-11(9-14)5-7-12/h2-8,10,15H,1H3/t10-/m0/s1. The molecule has 4 nitrogen and oxygen atoms in total. The topological polar surface area (TPSA) is 70.0 Å². The van der Waals surface area contributed by atoms with Crippen LogP contribution >= 0.6 is 11.3 Å². The molecule has 0 saturated carbocycles. The second-order valence-electron chi connectivity index (χ2n) is 3.99. The lowest BCUT2D eigenvalue weighted by atomic mass is 10.2. The maximum Gasteiger partial charge on any atom is 0.241 e. The summed E-state index contributed by atoms with van der Waals surface area (Å²) in [6.45, 7) is 1.80. The summed E-state index contributed by atoms with van der Waals surface area (Å²) in [4.78, 5) is 1.12. The number of benzene rings is 1. The highest BCUT2D eigenvalue weighted by molar-refractivity contribution is 7.89. The highest BCUT2D eigenvalue weighted by atomic mass is 32.2. The van der Waals surface area contributed by atoms with E-state index >= 15 is 0 Å². The first-order chi connectivity index (χ1) is 9.03. The van der Waals surface area contributed by atoms with Gasteiger partial charge < -0.3 is 0 Å². The van der Waals surface area contributed by atoms with E-state index in [-0.39, 0.29) is 10.9 Å². The average Bonchev–Trinajstić information content (AvgIpc) is 2.92. The van der Waals surface area contributed by atoms with Gasteiger partial charge in [0.25, 0.3) is 0 Å². The first-order valence-electron chi connectivity index (χ1n) is 5.59. The van der Waals surface area contributed by atoms with Gasteiger partial charge in [-0.15, -0.1) is 11.3 Å². The molecule has 0 spiro atoms. The van der Waals surface area contributed by atoms with E-state index in [4.69, 9.17) is 5.26 Å². The lowest BCUT2D eigenvalue weighted by Gasteiger charge is -2.12. The van der Waals surface area contributed by atoms with E-state index in [0.717, 1.165) is 4.88 Å². The fraction of sp³-hybridized carbons (Fsp3) is 0.154. The molecule has 0 saturated heterocycles. The van der Waals surface area contributed by atoms with Gasteiger partial charge in [0.15, 0.2) is 0 Å². The molecule has 0 aliphatic rings. The van der Waals surface area contributed by atoms with Crippen molar-refractivity contribution in [3.05, 3.63) is 52.2 Å². The van der Waals surface area contributed by atoms with Crippen molar-refractivity contribution < 1.29 is 8.42 Å². The minimum Gasteiger partial charge on any atom is -0.207 e. The van der Waals surface area contributed by atoms with Crippen LogP contribution in [0.15, 0.2) is 46.7 Å². The summed E-state index contributed by atoms with van der Waals surface area (Å²) in [6, 6.07) is 11.3. The number of nitrogens with zero attached hydrogens (tertiary/aromatic N) is 1. The van der Waals surface area contributed by atoms with Crippen molar-refractivity contribution in [2.24, 2.45) is 0 Å². The number of sulfonamides is 1. The zero-order chi connectivity index (χ0) is 13.9. The average molecular weight is 292 g/mol. The minimum absolute atomic E-state index is 0.162. The van der Waals surface area contributed by atoms with Crippen LogP contribution in [0.2, 0.25) is 0 Å². The van der Waals surface area contributed by atoms with Crippen molar-refractivity contribution in [1.82, 2.24) is 4.72 Å². The summed E-state index contributed by atoms with van der Waals surface area (Å²) in [6.07, 6.45) is 0. The van der Waals surface area contributed by atoms with Crippen molar-refractivity contribution in [2.75, 3.05) is 0 Å². The van der Waals surface area contributed by atoms with Crippen LogP contribution in [-0.2, 0) is 10.0 Å². The molecule has 1 aromatic carbocycles. The molecule has 0 unspecified atom stereocenters. The van der Waals surface area contributed by atoms with Gasteiger partial charge in [0, 0.05) is 4.88 Å². The van der Waals surface area contributed by atoms with E-state index in [0.29, 0.717) is 5.56 Å². The van der Waals surface area contributed by atoms with Crippen LogP contribution < -0.4 is 4.72 Å². The highest BCUT2D eigenvalue weighted by Gasteiger charge is 2.18. The molecule has 1 N–H and O–H groups in total. The molecule has 1 atom stereocenters. The number of rotatable bonds is 4. The van der Waals surface area contributed by atoms with E-state index in [1.165, 1.54) is 35.6 Å². The van der Waals surface area contributed by atoms with Gasteiger partial charge in [-0.2, -0.15) is 5.26 Å².